The van der Waals surface area contributed by atoms with Crippen LogP contribution in [0.5, 0.6) is 0 Å². The number of hydrogen-bond acceptors (Lipinski definition) is 3. The highest BCUT2D eigenvalue weighted by Gasteiger charge is 2.04. The van der Waals surface area contributed by atoms with Gasteiger partial charge in [-0.05, 0) is 34.7 Å². The van der Waals surface area contributed by atoms with Gasteiger partial charge >= 0.3 is 0 Å². The Morgan fingerprint density at radius 3 is 2.85 bits per heavy atom. The first-order chi connectivity index (χ1) is 6.18. The first-order valence-electron chi connectivity index (χ1n) is 3.53. The predicted molar refractivity (Wildman–Crippen MR) is 61.7 cm³/mol. The van der Waals surface area contributed by atoms with Crippen molar-refractivity contribution in [3.63, 3.8) is 0 Å². The molecule has 0 aliphatic rings. The lowest BCUT2D eigenvalue weighted by molar-refractivity contribution is 1.23. The average molecular weight is 306 g/mol. The molecule has 0 saturated carbocycles. The highest BCUT2D eigenvalue weighted by atomic mass is 127. The van der Waals surface area contributed by atoms with Gasteiger partial charge in [-0.3, -0.25) is 0 Å². The van der Waals surface area contributed by atoms with Crippen molar-refractivity contribution in [1.29, 1.82) is 0 Å². The first kappa shape index (κ1) is 8.96. The van der Waals surface area contributed by atoms with Gasteiger partial charge < -0.3 is 5.73 Å². The summed E-state index contributed by atoms with van der Waals surface area (Å²) < 4.78 is 0.981. The lowest BCUT2D eigenvalue weighted by atomic mass is 10.2. The van der Waals surface area contributed by atoms with Crippen LogP contribution in [0, 0.1) is 3.57 Å². The van der Waals surface area contributed by atoms with Gasteiger partial charge in [-0.15, -0.1) is 0 Å². The fraction of sp³-hybridized carbons (Fsp3) is 0. The normalized spacial score (nSPS) is 10.6. The lowest BCUT2D eigenvalue weighted by Gasteiger charge is -2.02. The molecule has 1 heterocycles. The zero-order valence-corrected chi connectivity index (χ0v) is 9.37. The van der Waals surface area contributed by atoms with Crippen LogP contribution in [0.2, 0.25) is 5.02 Å². The number of rotatable bonds is 0. The number of nitrogen functional groups attached to an aromatic ring is 1. The number of nitrogens with zero attached hydrogens (tertiary/aromatic N) is 2. The van der Waals surface area contributed by atoms with Crippen LogP contribution < -0.4 is 5.73 Å². The first-order valence-corrected chi connectivity index (χ1v) is 4.99. The Hall–Kier alpha value is -0.620. The SMILES string of the molecule is Nc1ncnc2c(I)cc(Cl)cc12. The van der Waals surface area contributed by atoms with Gasteiger partial charge in [-0.25, -0.2) is 9.97 Å². The Labute approximate surface area is 93.5 Å². The summed E-state index contributed by atoms with van der Waals surface area (Å²) in [6, 6.07) is 3.62. The van der Waals surface area contributed by atoms with Crippen LogP contribution in [0.1, 0.15) is 0 Å². The summed E-state index contributed by atoms with van der Waals surface area (Å²) in [7, 11) is 0. The Balaban J connectivity index is 2.94. The maximum atomic E-state index is 5.88. The molecule has 0 saturated heterocycles. The van der Waals surface area contributed by atoms with Crippen LogP contribution >= 0.6 is 34.2 Å². The van der Waals surface area contributed by atoms with Gasteiger partial charge in [0.15, 0.2) is 0 Å². The molecule has 2 aromatic rings. The fourth-order valence-electron chi connectivity index (χ4n) is 1.11. The minimum atomic E-state index is 0.463. The summed E-state index contributed by atoms with van der Waals surface area (Å²) in [5.74, 6) is 0.463. The molecule has 1 aromatic heterocycles. The molecule has 3 nitrogen and oxygen atoms in total. The molecule has 0 fully saturated rings. The van der Waals surface area contributed by atoms with Gasteiger partial charge in [0, 0.05) is 14.0 Å². The summed E-state index contributed by atoms with van der Waals surface area (Å²) >= 11 is 8.05. The lowest BCUT2D eigenvalue weighted by Crippen LogP contribution is -1.94. The van der Waals surface area contributed by atoms with Gasteiger partial charge in [0.2, 0.25) is 0 Å². The minimum absolute atomic E-state index is 0.463. The molecule has 0 radical (unpaired) electrons. The summed E-state index contributed by atoms with van der Waals surface area (Å²) in [5.41, 5.74) is 6.53. The Morgan fingerprint density at radius 1 is 1.31 bits per heavy atom. The fourth-order valence-corrected chi connectivity index (χ4v) is 2.28. The molecule has 0 bridgehead atoms. The monoisotopic (exact) mass is 305 g/mol. The molecule has 5 heteroatoms. The zero-order chi connectivity index (χ0) is 9.42. The number of nitrogens with two attached hydrogens (primary N) is 1. The van der Waals surface area contributed by atoms with E-state index in [1.807, 2.05) is 6.07 Å². The number of benzene rings is 1. The predicted octanol–water partition coefficient (Wildman–Crippen LogP) is 2.47. The van der Waals surface area contributed by atoms with Crippen molar-refractivity contribution in [2.75, 3.05) is 5.73 Å². The van der Waals surface area contributed by atoms with E-state index in [0.29, 0.717) is 10.8 Å². The molecule has 0 atom stereocenters. The van der Waals surface area contributed by atoms with Crippen LogP contribution in [0.3, 0.4) is 0 Å². The maximum Gasteiger partial charge on any atom is 0.134 e. The molecule has 66 valence electrons. The van der Waals surface area contributed by atoms with E-state index in [1.165, 1.54) is 6.33 Å². The van der Waals surface area contributed by atoms with Gasteiger partial charge in [0.05, 0.1) is 5.52 Å². The Kier molecular flexibility index (Phi) is 2.25. The third-order valence-corrected chi connectivity index (χ3v) is 2.73. The Bertz CT molecular complexity index is 472. The van der Waals surface area contributed by atoms with Gasteiger partial charge in [-0.2, -0.15) is 0 Å². The van der Waals surface area contributed by atoms with Crippen molar-refractivity contribution in [3.8, 4) is 0 Å². The van der Waals surface area contributed by atoms with E-state index in [-0.39, 0.29) is 0 Å². The van der Waals surface area contributed by atoms with E-state index in [0.717, 1.165) is 14.5 Å². The van der Waals surface area contributed by atoms with E-state index < -0.39 is 0 Å². The largest absolute Gasteiger partial charge is 0.383 e. The highest BCUT2D eigenvalue weighted by Crippen LogP contribution is 2.25. The molecular formula is C8H5ClIN3. The molecule has 0 unspecified atom stereocenters. The van der Waals surface area contributed by atoms with Crippen molar-refractivity contribution >= 4 is 50.9 Å². The molecule has 2 N–H and O–H groups in total. The second kappa shape index (κ2) is 3.26. The summed E-state index contributed by atoms with van der Waals surface area (Å²) in [6.45, 7) is 0. The molecule has 1 aromatic carbocycles. The van der Waals surface area contributed by atoms with E-state index >= 15 is 0 Å². The average Bonchev–Trinajstić information content (AvgIpc) is 2.07. The third kappa shape index (κ3) is 1.55. The van der Waals surface area contributed by atoms with E-state index in [4.69, 9.17) is 17.3 Å². The number of aromatic nitrogens is 2. The summed E-state index contributed by atoms with van der Waals surface area (Å²) in [6.07, 6.45) is 1.45. The number of fused-ring (bicyclic) bond motifs is 1. The van der Waals surface area contributed by atoms with Crippen molar-refractivity contribution in [2.45, 2.75) is 0 Å². The van der Waals surface area contributed by atoms with Crippen LogP contribution in [0.25, 0.3) is 10.9 Å². The highest BCUT2D eigenvalue weighted by molar-refractivity contribution is 14.1. The molecule has 2 rings (SSSR count). The van der Waals surface area contributed by atoms with E-state index in [9.17, 15) is 0 Å². The van der Waals surface area contributed by atoms with Gasteiger partial charge in [0.25, 0.3) is 0 Å². The summed E-state index contributed by atoms with van der Waals surface area (Å²) in [4.78, 5) is 8.02. The van der Waals surface area contributed by atoms with Crippen molar-refractivity contribution in [3.05, 3.63) is 27.1 Å². The van der Waals surface area contributed by atoms with Crippen LogP contribution in [0.4, 0.5) is 5.82 Å². The van der Waals surface area contributed by atoms with Crippen molar-refractivity contribution in [1.82, 2.24) is 9.97 Å². The molecule has 0 spiro atoms. The van der Waals surface area contributed by atoms with Crippen molar-refractivity contribution < 1.29 is 0 Å². The molecule has 0 amide bonds. The maximum absolute atomic E-state index is 5.88. The number of halogens is 2. The van der Waals surface area contributed by atoms with E-state index in [2.05, 4.69) is 32.6 Å². The second-order valence-electron chi connectivity index (χ2n) is 2.54. The minimum Gasteiger partial charge on any atom is -0.383 e. The van der Waals surface area contributed by atoms with Gasteiger partial charge in [0.1, 0.15) is 12.1 Å². The summed E-state index contributed by atoms with van der Waals surface area (Å²) in [5, 5.41) is 1.46. The third-order valence-electron chi connectivity index (χ3n) is 1.69. The molecule has 0 aliphatic heterocycles. The Morgan fingerprint density at radius 2 is 2.08 bits per heavy atom. The zero-order valence-electron chi connectivity index (χ0n) is 6.46. The van der Waals surface area contributed by atoms with Crippen LogP contribution in [-0.2, 0) is 0 Å². The standard InChI is InChI=1S/C8H5ClIN3/c9-4-1-5-7(6(10)2-4)12-3-13-8(5)11/h1-3H,(H2,11,12,13). The van der Waals surface area contributed by atoms with Crippen molar-refractivity contribution in [2.24, 2.45) is 0 Å². The smallest absolute Gasteiger partial charge is 0.134 e. The number of anilines is 1. The molecule has 13 heavy (non-hydrogen) atoms. The second-order valence-corrected chi connectivity index (χ2v) is 4.14. The van der Waals surface area contributed by atoms with E-state index in [1.54, 1.807) is 6.07 Å². The van der Waals surface area contributed by atoms with Gasteiger partial charge in [-0.1, -0.05) is 11.6 Å². The topological polar surface area (TPSA) is 51.8 Å². The molecular weight excluding hydrogens is 300 g/mol. The van der Waals surface area contributed by atoms with Crippen LogP contribution in [-0.4, -0.2) is 9.97 Å². The molecule has 0 aliphatic carbocycles. The quantitative estimate of drug-likeness (QED) is 0.761. The number of hydrogen-bond donors (Lipinski definition) is 1. The van der Waals surface area contributed by atoms with Crippen LogP contribution in [0.15, 0.2) is 18.5 Å².